The summed E-state index contributed by atoms with van der Waals surface area (Å²) in [6, 6.07) is 12.3. The molecular formula is C15H14BrNO3. The molecular weight excluding hydrogens is 322 g/mol. The van der Waals surface area contributed by atoms with E-state index in [1.807, 2.05) is 0 Å². The van der Waals surface area contributed by atoms with Gasteiger partial charge in [0.05, 0.1) is 18.7 Å². The number of ether oxygens (including phenoxy) is 2. The van der Waals surface area contributed by atoms with E-state index in [-0.39, 0.29) is 5.91 Å². The number of amides is 1. The first-order valence-electron chi connectivity index (χ1n) is 5.93. The van der Waals surface area contributed by atoms with E-state index in [1.54, 1.807) is 56.7 Å². The molecule has 104 valence electrons. The van der Waals surface area contributed by atoms with Crippen LogP contribution in [0.1, 0.15) is 10.4 Å². The van der Waals surface area contributed by atoms with E-state index < -0.39 is 0 Å². The van der Waals surface area contributed by atoms with Crippen LogP contribution >= 0.6 is 15.9 Å². The Morgan fingerprint density at radius 3 is 2.30 bits per heavy atom. The van der Waals surface area contributed by atoms with Crippen LogP contribution < -0.4 is 14.8 Å². The molecule has 5 heteroatoms. The summed E-state index contributed by atoms with van der Waals surface area (Å²) in [5.74, 6) is 1.26. The monoisotopic (exact) mass is 335 g/mol. The minimum Gasteiger partial charge on any atom is -0.497 e. The van der Waals surface area contributed by atoms with Crippen molar-refractivity contribution in [3.05, 3.63) is 52.5 Å². The Kier molecular flexibility index (Phi) is 4.63. The van der Waals surface area contributed by atoms with E-state index in [2.05, 4.69) is 21.2 Å². The lowest BCUT2D eigenvalue weighted by Crippen LogP contribution is -2.11. The van der Waals surface area contributed by atoms with Gasteiger partial charge in [0, 0.05) is 11.3 Å². The minimum atomic E-state index is -0.176. The van der Waals surface area contributed by atoms with Gasteiger partial charge >= 0.3 is 0 Å². The predicted octanol–water partition coefficient (Wildman–Crippen LogP) is 3.72. The van der Waals surface area contributed by atoms with Crippen molar-refractivity contribution in [2.45, 2.75) is 0 Å². The highest BCUT2D eigenvalue weighted by Gasteiger charge is 2.08. The zero-order valence-electron chi connectivity index (χ0n) is 11.1. The van der Waals surface area contributed by atoms with Crippen LogP contribution in [0.2, 0.25) is 0 Å². The van der Waals surface area contributed by atoms with Crippen molar-refractivity contribution in [3.8, 4) is 11.5 Å². The van der Waals surface area contributed by atoms with Crippen molar-refractivity contribution in [2.75, 3.05) is 19.5 Å². The number of carbonyl (C=O) groups is 1. The van der Waals surface area contributed by atoms with Gasteiger partial charge in [-0.15, -0.1) is 0 Å². The average molecular weight is 336 g/mol. The van der Waals surface area contributed by atoms with Crippen LogP contribution in [0.3, 0.4) is 0 Å². The van der Waals surface area contributed by atoms with Crippen LogP contribution in [0, 0.1) is 0 Å². The number of hydrogen-bond acceptors (Lipinski definition) is 3. The summed E-state index contributed by atoms with van der Waals surface area (Å²) in [6.07, 6.45) is 0. The number of methoxy groups -OCH3 is 2. The van der Waals surface area contributed by atoms with Crippen LogP contribution in [0.15, 0.2) is 46.9 Å². The normalized spacial score (nSPS) is 9.95. The number of rotatable bonds is 4. The SMILES string of the molecule is COc1ccc(C(=O)Nc2ccc(OC)c(Br)c2)cc1. The third-order valence-electron chi connectivity index (χ3n) is 2.76. The first-order chi connectivity index (χ1) is 9.63. The number of carbonyl (C=O) groups excluding carboxylic acids is 1. The maximum atomic E-state index is 12.1. The number of anilines is 1. The molecule has 0 unspecified atom stereocenters. The van der Waals surface area contributed by atoms with Crippen molar-refractivity contribution in [3.63, 3.8) is 0 Å². The van der Waals surface area contributed by atoms with Gasteiger partial charge < -0.3 is 14.8 Å². The summed E-state index contributed by atoms with van der Waals surface area (Å²) in [6.45, 7) is 0. The number of benzene rings is 2. The van der Waals surface area contributed by atoms with Gasteiger partial charge in [-0.1, -0.05) is 0 Å². The van der Waals surface area contributed by atoms with Crippen molar-refractivity contribution >= 4 is 27.5 Å². The minimum absolute atomic E-state index is 0.176. The Morgan fingerprint density at radius 2 is 1.75 bits per heavy atom. The zero-order chi connectivity index (χ0) is 14.5. The fraction of sp³-hybridized carbons (Fsp3) is 0.133. The van der Waals surface area contributed by atoms with Crippen LogP contribution in [-0.4, -0.2) is 20.1 Å². The van der Waals surface area contributed by atoms with Crippen LogP contribution in [0.25, 0.3) is 0 Å². The second-order valence-corrected chi connectivity index (χ2v) is 4.89. The Balaban J connectivity index is 2.12. The lowest BCUT2D eigenvalue weighted by Gasteiger charge is -2.08. The molecule has 0 saturated carbocycles. The highest BCUT2D eigenvalue weighted by Crippen LogP contribution is 2.28. The van der Waals surface area contributed by atoms with E-state index in [4.69, 9.17) is 9.47 Å². The number of halogens is 1. The lowest BCUT2D eigenvalue weighted by atomic mass is 10.2. The smallest absolute Gasteiger partial charge is 0.255 e. The molecule has 0 atom stereocenters. The molecule has 20 heavy (non-hydrogen) atoms. The summed E-state index contributed by atoms with van der Waals surface area (Å²) in [5, 5.41) is 2.82. The van der Waals surface area contributed by atoms with E-state index in [1.165, 1.54) is 0 Å². The highest BCUT2D eigenvalue weighted by atomic mass is 79.9. The van der Waals surface area contributed by atoms with Crippen LogP contribution in [0.4, 0.5) is 5.69 Å². The Bertz CT molecular complexity index is 611. The molecule has 0 radical (unpaired) electrons. The summed E-state index contributed by atoms with van der Waals surface area (Å²) in [7, 11) is 3.18. The molecule has 0 aliphatic rings. The Hall–Kier alpha value is -2.01. The largest absolute Gasteiger partial charge is 0.497 e. The molecule has 0 aliphatic heterocycles. The summed E-state index contributed by atoms with van der Waals surface area (Å²) in [5.41, 5.74) is 1.26. The van der Waals surface area contributed by atoms with E-state index in [0.717, 1.165) is 4.47 Å². The Morgan fingerprint density at radius 1 is 1.05 bits per heavy atom. The van der Waals surface area contributed by atoms with Crippen molar-refractivity contribution < 1.29 is 14.3 Å². The van der Waals surface area contributed by atoms with Gasteiger partial charge in [-0.25, -0.2) is 0 Å². The summed E-state index contributed by atoms with van der Waals surface area (Å²) >= 11 is 3.38. The second-order valence-electron chi connectivity index (χ2n) is 4.03. The molecule has 0 aliphatic carbocycles. The first-order valence-corrected chi connectivity index (χ1v) is 6.72. The molecule has 2 aromatic rings. The van der Waals surface area contributed by atoms with Gasteiger partial charge in [-0.2, -0.15) is 0 Å². The number of nitrogens with one attached hydrogen (secondary N) is 1. The quantitative estimate of drug-likeness (QED) is 0.926. The molecule has 1 amide bonds. The van der Waals surface area contributed by atoms with Gasteiger partial charge in [-0.3, -0.25) is 4.79 Å². The average Bonchev–Trinajstić information content (AvgIpc) is 2.47. The summed E-state index contributed by atoms with van der Waals surface area (Å²) < 4.78 is 11.0. The van der Waals surface area contributed by atoms with Gasteiger partial charge in [0.2, 0.25) is 0 Å². The van der Waals surface area contributed by atoms with E-state index in [9.17, 15) is 4.79 Å². The fourth-order valence-electron chi connectivity index (χ4n) is 1.69. The van der Waals surface area contributed by atoms with Crippen molar-refractivity contribution in [2.24, 2.45) is 0 Å². The van der Waals surface area contributed by atoms with Gasteiger partial charge in [0.1, 0.15) is 11.5 Å². The van der Waals surface area contributed by atoms with Gasteiger partial charge in [0.25, 0.3) is 5.91 Å². The maximum absolute atomic E-state index is 12.1. The third kappa shape index (κ3) is 3.30. The molecule has 0 spiro atoms. The molecule has 1 N–H and O–H groups in total. The van der Waals surface area contributed by atoms with Gasteiger partial charge in [0.15, 0.2) is 0 Å². The standard InChI is InChI=1S/C15H14BrNO3/c1-19-12-6-3-10(4-7-12)15(18)17-11-5-8-14(20-2)13(16)9-11/h3-9H,1-2H3,(H,17,18). The summed E-state index contributed by atoms with van der Waals surface area (Å²) in [4.78, 5) is 12.1. The van der Waals surface area contributed by atoms with Gasteiger partial charge in [-0.05, 0) is 58.4 Å². The first kappa shape index (κ1) is 14.4. The molecule has 0 heterocycles. The molecule has 4 nitrogen and oxygen atoms in total. The molecule has 2 aromatic carbocycles. The molecule has 2 rings (SSSR count). The molecule has 0 bridgehead atoms. The number of hydrogen-bond donors (Lipinski definition) is 1. The topological polar surface area (TPSA) is 47.6 Å². The lowest BCUT2D eigenvalue weighted by molar-refractivity contribution is 0.102. The van der Waals surface area contributed by atoms with Crippen LogP contribution in [0.5, 0.6) is 11.5 Å². The second kappa shape index (κ2) is 6.43. The highest BCUT2D eigenvalue weighted by molar-refractivity contribution is 9.10. The third-order valence-corrected chi connectivity index (χ3v) is 3.38. The molecule has 0 fully saturated rings. The van der Waals surface area contributed by atoms with Crippen molar-refractivity contribution in [1.82, 2.24) is 0 Å². The fourth-order valence-corrected chi connectivity index (χ4v) is 2.23. The van der Waals surface area contributed by atoms with E-state index >= 15 is 0 Å². The molecule has 0 saturated heterocycles. The molecule has 0 aromatic heterocycles. The Labute approximate surface area is 125 Å². The zero-order valence-corrected chi connectivity index (χ0v) is 12.7. The maximum Gasteiger partial charge on any atom is 0.255 e. The van der Waals surface area contributed by atoms with E-state index in [0.29, 0.717) is 22.7 Å². The predicted molar refractivity (Wildman–Crippen MR) is 81.6 cm³/mol. The van der Waals surface area contributed by atoms with Crippen molar-refractivity contribution in [1.29, 1.82) is 0 Å². The van der Waals surface area contributed by atoms with Crippen LogP contribution in [-0.2, 0) is 0 Å².